The molecular formula is C19H20F2N2O2. The van der Waals surface area contributed by atoms with Crippen molar-refractivity contribution in [2.75, 3.05) is 18.0 Å². The van der Waals surface area contributed by atoms with Gasteiger partial charge in [-0.2, -0.15) is 0 Å². The van der Waals surface area contributed by atoms with E-state index >= 15 is 0 Å². The first kappa shape index (κ1) is 17.4. The molecule has 2 aromatic carbocycles. The first-order valence-corrected chi connectivity index (χ1v) is 8.25. The minimum Gasteiger partial charge on any atom is -0.388 e. The smallest absolute Gasteiger partial charge is 0.223 e. The van der Waals surface area contributed by atoms with Gasteiger partial charge in [0, 0.05) is 25.2 Å². The van der Waals surface area contributed by atoms with Crippen LogP contribution in [-0.2, 0) is 4.79 Å². The molecule has 2 aromatic rings. The van der Waals surface area contributed by atoms with Gasteiger partial charge in [-0.3, -0.25) is 4.79 Å². The highest BCUT2D eigenvalue weighted by Gasteiger charge is 2.26. The van der Waals surface area contributed by atoms with Crippen LogP contribution in [0.1, 0.15) is 24.5 Å². The number of halogens is 2. The number of rotatable bonds is 5. The normalized spacial score (nSPS) is 18.2. The van der Waals surface area contributed by atoms with Gasteiger partial charge < -0.3 is 15.3 Å². The number of aliphatic hydroxyl groups is 1. The van der Waals surface area contributed by atoms with Gasteiger partial charge in [0.1, 0.15) is 11.6 Å². The van der Waals surface area contributed by atoms with Crippen LogP contribution in [0.3, 0.4) is 0 Å². The van der Waals surface area contributed by atoms with Gasteiger partial charge in [-0.1, -0.05) is 30.3 Å². The summed E-state index contributed by atoms with van der Waals surface area (Å²) in [6, 6.07) is 12.4. The molecule has 0 saturated carbocycles. The number of carbonyl (C=O) groups is 1. The van der Waals surface area contributed by atoms with Gasteiger partial charge in [-0.15, -0.1) is 0 Å². The van der Waals surface area contributed by atoms with Crippen LogP contribution in [0.15, 0.2) is 48.5 Å². The average Bonchev–Trinajstić information content (AvgIpc) is 3.03. The minimum atomic E-state index is -0.853. The fraction of sp³-hybridized carbons (Fsp3) is 0.316. The largest absolute Gasteiger partial charge is 0.388 e. The summed E-state index contributed by atoms with van der Waals surface area (Å²) in [6.45, 7) is 1.03. The van der Waals surface area contributed by atoms with Crippen LogP contribution < -0.4 is 10.2 Å². The molecule has 132 valence electrons. The maximum Gasteiger partial charge on any atom is 0.223 e. The number of nitrogens with one attached hydrogen (secondary N) is 1. The Balaban J connectivity index is 1.53. The van der Waals surface area contributed by atoms with E-state index < -0.39 is 17.7 Å². The Bertz CT molecular complexity index is 739. The van der Waals surface area contributed by atoms with Crippen LogP contribution in [0.2, 0.25) is 0 Å². The molecule has 1 fully saturated rings. The maximum absolute atomic E-state index is 13.8. The van der Waals surface area contributed by atoms with Gasteiger partial charge in [0.25, 0.3) is 0 Å². The van der Waals surface area contributed by atoms with E-state index in [0.717, 1.165) is 6.07 Å². The van der Waals surface area contributed by atoms with Gasteiger partial charge in [-0.05, 0) is 24.1 Å². The van der Waals surface area contributed by atoms with E-state index in [4.69, 9.17) is 0 Å². The number of hydrogen-bond acceptors (Lipinski definition) is 3. The lowest BCUT2D eigenvalue weighted by atomic mass is 10.1. The third-order valence-electron chi connectivity index (χ3n) is 4.37. The molecule has 25 heavy (non-hydrogen) atoms. The highest BCUT2D eigenvalue weighted by atomic mass is 19.1. The molecule has 1 saturated heterocycles. The molecule has 0 aliphatic carbocycles. The van der Waals surface area contributed by atoms with Crippen LogP contribution in [0.25, 0.3) is 0 Å². The molecule has 0 radical (unpaired) electrons. The van der Waals surface area contributed by atoms with Gasteiger partial charge in [0.05, 0.1) is 18.2 Å². The van der Waals surface area contributed by atoms with E-state index in [0.29, 0.717) is 30.8 Å². The van der Waals surface area contributed by atoms with E-state index in [2.05, 4.69) is 5.32 Å². The molecule has 6 heteroatoms. The number of benzene rings is 2. The number of aliphatic hydroxyl groups excluding tert-OH is 1. The molecule has 2 atom stereocenters. The predicted molar refractivity (Wildman–Crippen MR) is 91.1 cm³/mol. The van der Waals surface area contributed by atoms with Crippen molar-refractivity contribution in [2.45, 2.75) is 25.0 Å². The summed E-state index contributed by atoms with van der Waals surface area (Å²) in [6.07, 6.45) is -0.205. The van der Waals surface area contributed by atoms with Crippen molar-refractivity contribution in [3.05, 3.63) is 65.7 Å². The summed E-state index contributed by atoms with van der Waals surface area (Å²) in [5.41, 5.74) is 1.03. The second kappa shape index (κ2) is 7.61. The maximum atomic E-state index is 13.8. The Morgan fingerprint density at radius 1 is 1.24 bits per heavy atom. The average molecular weight is 346 g/mol. The topological polar surface area (TPSA) is 52.6 Å². The first-order chi connectivity index (χ1) is 12.0. The first-order valence-electron chi connectivity index (χ1n) is 8.25. The van der Waals surface area contributed by atoms with E-state index in [1.54, 1.807) is 17.0 Å². The summed E-state index contributed by atoms with van der Waals surface area (Å²) in [5.74, 6) is -1.46. The third-order valence-corrected chi connectivity index (χ3v) is 4.37. The number of amides is 1. The number of carbonyl (C=O) groups excluding carboxylic acids is 1. The van der Waals surface area contributed by atoms with Crippen LogP contribution in [0.5, 0.6) is 0 Å². The summed E-state index contributed by atoms with van der Waals surface area (Å²) in [7, 11) is 0. The van der Waals surface area contributed by atoms with Crippen molar-refractivity contribution in [1.82, 2.24) is 5.32 Å². The molecule has 3 rings (SSSR count). The molecule has 1 aliphatic rings. The lowest BCUT2D eigenvalue weighted by Crippen LogP contribution is -2.37. The Morgan fingerprint density at radius 2 is 2.00 bits per heavy atom. The lowest BCUT2D eigenvalue weighted by molar-refractivity contribution is -0.123. The zero-order valence-corrected chi connectivity index (χ0v) is 13.7. The minimum absolute atomic E-state index is 0.0224. The van der Waals surface area contributed by atoms with Crippen LogP contribution in [-0.4, -0.2) is 30.1 Å². The summed E-state index contributed by atoms with van der Waals surface area (Å²) >= 11 is 0. The molecular weight excluding hydrogens is 326 g/mol. The van der Waals surface area contributed by atoms with Crippen molar-refractivity contribution in [3.8, 4) is 0 Å². The number of anilines is 1. The number of hydrogen-bond donors (Lipinski definition) is 2. The fourth-order valence-corrected chi connectivity index (χ4v) is 3.09. The molecule has 2 N–H and O–H groups in total. The van der Waals surface area contributed by atoms with Crippen molar-refractivity contribution in [3.63, 3.8) is 0 Å². The Hall–Kier alpha value is -2.47. The second-order valence-electron chi connectivity index (χ2n) is 6.23. The van der Waals surface area contributed by atoms with Crippen LogP contribution >= 0.6 is 0 Å². The van der Waals surface area contributed by atoms with Gasteiger partial charge in [-0.25, -0.2) is 8.78 Å². The van der Waals surface area contributed by atoms with Crippen molar-refractivity contribution >= 4 is 11.6 Å². The summed E-state index contributed by atoms with van der Waals surface area (Å²) in [5, 5.41) is 13.0. The molecule has 4 nitrogen and oxygen atoms in total. The zero-order chi connectivity index (χ0) is 17.8. The van der Waals surface area contributed by atoms with Crippen molar-refractivity contribution < 1.29 is 18.7 Å². The second-order valence-corrected chi connectivity index (χ2v) is 6.23. The summed E-state index contributed by atoms with van der Waals surface area (Å²) < 4.78 is 26.9. The Morgan fingerprint density at radius 3 is 2.72 bits per heavy atom. The molecule has 1 amide bonds. The van der Waals surface area contributed by atoms with Crippen molar-refractivity contribution in [2.24, 2.45) is 0 Å². The number of nitrogens with zero attached hydrogens (tertiary/aromatic N) is 1. The highest BCUT2D eigenvalue weighted by Crippen LogP contribution is 2.24. The molecule has 0 spiro atoms. The fourth-order valence-electron chi connectivity index (χ4n) is 3.09. The molecule has 1 aliphatic heterocycles. The highest BCUT2D eigenvalue weighted by molar-refractivity contribution is 5.77. The van der Waals surface area contributed by atoms with Gasteiger partial charge in [0.2, 0.25) is 5.91 Å². The van der Waals surface area contributed by atoms with E-state index in [1.807, 2.05) is 18.2 Å². The molecule has 0 bridgehead atoms. The Labute approximate surface area is 145 Å². The summed E-state index contributed by atoms with van der Waals surface area (Å²) in [4.78, 5) is 13.9. The molecule has 1 heterocycles. The monoisotopic (exact) mass is 346 g/mol. The van der Waals surface area contributed by atoms with E-state index in [-0.39, 0.29) is 18.4 Å². The molecule has 2 unspecified atom stereocenters. The van der Waals surface area contributed by atoms with Gasteiger partial charge >= 0.3 is 0 Å². The third kappa shape index (κ3) is 4.33. The standard InChI is InChI=1S/C19H20F2N2O2/c20-14-6-7-17(16(21)10-14)23-9-8-15(12-23)22-19(25)11-18(24)13-4-2-1-3-5-13/h1-7,10,15,18,24H,8-9,11-12H2,(H,22,25). The predicted octanol–water partition coefficient (Wildman–Crippen LogP) is 2.78. The molecule has 0 aromatic heterocycles. The van der Waals surface area contributed by atoms with Crippen molar-refractivity contribution in [1.29, 1.82) is 0 Å². The lowest BCUT2D eigenvalue weighted by Gasteiger charge is -2.20. The van der Waals surface area contributed by atoms with E-state index in [1.165, 1.54) is 12.1 Å². The Kier molecular flexibility index (Phi) is 5.28. The quantitative estimate of drug-likeness (QED) is 0.875. The van der Waals surface area contributed by atoms with E-state index in [9.17, 15) is 18.7 Å². The van der Waals surface area contributed by atoms with Crippen LogP contribution in [0, 0.1) is 11.6 Å². The zero-order valence-electron chi connectivity index (χ0n) is 13.7. The van der Waals surface area contributed by atoms with Gasteiger partial charge in [0.15, 0.2) is 0 Å². The SMILES string of the molecule is O=C(CC(O)c1ccccc1)NC1CCN(c2ccc(F)cc2F)C1. The van der Waals surface area contributed by atoms with Crippen LogP contribution in [0.4, 0.5) is 14.5 Å².